The molecule has 88 valence electrons. The van der Waals surface area contributed by atoms with Crippen LogP contribution >= 0.6 is 0 Å². The molecule has 4 nitrogen and oxygen atoms in total. The topological polar surface area (TPSA) is 65.2 Å². The summed E-state index contributed by atoms with van der Waals surface area (Å²) in [5.41, 5.74) is 1.24. The van der Waals surface area contributed by atoms with E-state index in [1.807, 2.05) is 30.3 Å². The molecule has 2 N–H and O–H groups in total. The summed E-state index contributed by atoms with van der Waals surface area (Å²) in [5, 5.41) is 24.4. The maximum absolute atomic E-state index is 9.43. The maximum Gasteiger partial charge on any atom is 0.143 e. The molecule has 2 aromatic carbocycles. The smallest absolute Gasteiger partial charge is 0.143 e. The van der Waals surface area contributed by atoms with Crippen LogP contribution < -0.4 is 0 Å². The molecule has 2 rings (SSSR count). The molecule has 0 atom stereocenters. The van der Waals surface area contributed by atoms with Gasteiger partial charge in [0.1, 0.15) is 11.4 Å². The Hall–Kier alpha value is -2.20. The number of azo groups is 1. The number of hydrogen-bond acceptors (Lipinski definition) is 4. The highest BCUT2D eigenvalue weighted by atomic mass is 16.3. The fourth-order valence-electron chi connectivity index (χ4n) is 1.15. The summed E-state index contributed by atoms with van der Waals surface area (Å²) in [6, 6.07) is 16.2. The zero-order valence-corrected chi connectivity index (χ0v) is 9.49. The first-order valence-electron chi connectivity index (χ1n) is 5.06. The Kier molecular flexibility index (Phi) is 5.40. The zero-order chi connectivity index (χ0) is 12.5. The van der Waals surface area contributed by atoms with Crippen molar-refractivity contribution in [2.24, 2.45) is 10.2 Å². The Balaban J connectivity index is 0.000000686. The van der Waals surface area contributed by atoms with Gasteiger partial charge in [0.15, 0.2) is 0 Å². The lowest BCUT2D eigenvalue weighted by atomic mass is 10.3. The minimum atomic E-state index is 0.136. The summed E-state index contributed by atoms with van der Waals surface area (Å²) in [7, 11) is 1.00. The number of aromatic hydroxyl groups is 1. The van der Waals surface area contributed by atoms with Gasteiger partial charge in [-0.1, -0.05) is 30.3 Å². The van der Waals surface area contributed by atoms with E-state index in [9.17, 15) is 5.11 Å². The van der Waals surface area contributed by atoms with Crippen LogP contribution in [-0.4, -0.2) is 17.3 Å². The number of hydrogen-bond donors (Lipinski definition) is 2. The normalized spacial score (nSPS) is 9.76. The fourth-order valence-corrected chi connectivity index (χ4v) is 1.15. The molecule has 0 spiro atoms. The molecule has 0 bridgehead atoms. The van der Waals surface area contributed by atoms with E-state index in [0.29, 0.717) is 5.69 Å². The molecule has 0 amide bonds. The number of phenolic OH excluding ortho intramolecular Hbond substituents is 1. The van der Waals surface area contributed by atoms with Crippen LogP contribution in [-0.2, 0) is 0 Å². The van der Waals surface area contributed by atoms with Crippen molar-refractivity contribution in [2.75, 3.05) is 7.11 Å². The highest BCUT2D eigenvalue weighted by Crippen LogP contribution is 2.26. The van der Waals surface area contributed by atoms with Crippen molar-refractivity contribution in [1.82, 2.24) is 0 Å². The van der Waals surface area contributed by atoms with Crippen LogP contribution in [0.15, 0.2) is 64.8 Å². The van der Waals surface area contributed by atoms with Crippen molar-refractivity contribution in [3.63, 3.8) is 0 Å². The molecule has 0 aliphatic rings. The molecule has 0 saturated carbocycles. The number of aliphatic hydroxyl groups excluding tert-OH is 1. The first-order chi connectivity index (χ1) is 8.36. The summed E-state index contributed by atoms with van der Waals surface area (Å²) in [4.78, 5) is 0. The maximum atomic E-state index is 9.43. The summed E-state index contributed by atoms with van der Waals surface area (Å²) in [6.45, 7) is 0. The van der Waals surface area contributed by atoms with Crippen LogP contribution in [0.25, 0.3) is 0 Å². The van der Waals surface area contributed by atoms with Gasteiger partial charge in [-0.25, -0.2) is 0 Å². The largest absolute Gasteiger partial charge is 0.506 e. The van der Waals surface area contributed by atoms with E-state index in [4.69, 9.17) is 5.11 Å². The molecule has 17 heavy (non-hydrogen) atoms. The summed E-state index contributed by atoms with van der Waals surface area (Å²) < 4.78 is 0. The third kappa shape index (κ3) is 4.04. The van der Waals surface area contributed by atoms with Crippen molar-refractivity contribution in [3.8, 4) is 5.75 Å². The van der Waals surface area contributed by atoms with Gasteiger partial charge >= 0.3 is 0 Å². The van der Waals surface area contributed by atoms with Gasteiger partial charge < -0.3 is 10.2 Å². The van der Waals surface area contributed by atoms with E-state index in [2.05, 4.69) is 10.2 Å². The zero-order valence-electron chi connectivity index (χ0n) is 9.49. The third-order valence-corrected chi connectivity index (χ3v) is 1.91. The lowest BCUT2D eigenvalue weighted by Gasteiger charge is -1.95. The highest BCUT2D eigenvalue weighted by Gasteiger charge is 1.95. The van der Waals surface area contributed by atoms with E-state index in [-0.39, 0.29) is 5.75 Å². The molecule has 0 heterocycles. The first kappa shape index (κ1) is 12.9. The van der Waals surface area contributed by atoms with E-state index in [0.717, 1.165) is 12.8 Å². The number of phenols is 1. The number of benzene rings is 2. The lowest BCUT2D eigenvalue weighted by Crippen LogP contribution is -1.66. The first-order valence-corrected chi connectivity index (χ1v) is 5.06. The minimum absolute atomic E-state index is 0.136. The molecule has 0 aliphatic heterocycles. The third-order valence-electron chi connectivity index (χ3n) is 1.91. The van der Waals surface area contributed by atoms with Crippen LogP contribution in [0.5, 0.6) is 5.75 Å². The van der Waals surface area contributed by atoms with E-state index >= 15 is 0 Å². The Morgan fingerprint density at radius 3 is 2.00 bits per heavy atom. The van der Waals surface area contributed by atoms with Crippen molar-refractivity contribution in [2.45, 2.75) is 0 Å². The molecule has 0 aromatic heterocycles. The average molecular weight is 230 g/mol. The molecule has 0 unspecified atom stereocenters. The lowest BCUT2D eigenvalue weighted by molar-refractivity contribution is 0.399. The Bertz CT molecular complexity index is 470. The van der Waals surface area contributed by atoms with E-state index < -0.39 is 0 Å². The molecule has 2 aromatic rings. The predicted molar refractivity (Wildman–Crippen MR) is 66.9 cm³/mol. The van der Waals surface area contributed by atoms with Gasteiger partial charge in [-0.3, -0.25) is 0 Å². The van der Waals surface area contributed by atoms with Gasteiger partial charge in [-0.05, 0) is 24.3 Å². The van der Waals surface area contributed by atoms with Crippen molar-refractivity contribution in [1.29, 1.82) is 0 Å². The number of nitrogens with zero attached hydrogens (tertiary/aromatic N) is 2. The van der Waals surface area contributed by atoms with Crippen LogP contribution in [0, 0.1) is 0 Å². The van der Waals surface area contributed by atoms with Gasteiger partial charge in [0, 0.05) is 7.11 Å². The van der Waals surface area contributed by atoms with Crippen LogP contribution in [0.1, 0.15) is 0 Å². The summed E-state index contributed by atoms with van der Waals surface area (Å²) in [6.07, 6.45) is 0. The van der Waals surface area contributed by atoms with Gasteiger partial charge in [0.2, 0.25) is 0 Å². The minimum Gasteiger partial charge on any atom is -0.506 e. The molecule has 0 fully saturated rings. The van der Waals surface area contributed by atoms with Gasteiger partial charge in [0.25, 0.3) is 0 Å². The van der Waals surface area contributed by atoms with Crippen LogP contribution in [0.4, 0.5) is 11.4 Å². The van der Waals surface area contributed by atoms with E-state index in [1.165, 1.54) is 0 Å². The standard InChI is InChI=1S/C12H10N2O.CH4O/c15-12-9-5-4-8-11(12)14-13-10-6-2-1-3-7-10;1-2/h1-9,15H;2H,1H3. The Labute approximate surface area is 99.9 Å². The number of para-hydroxylation sites is 1. The molecule has 0 saturated heterocycles. The van der Waals surface area contributed by atoms with Crippen LogP contribution in [0.3, 0.4) is 0 Å². The van der Waals surface area contributed by atoms with Crippen molar-refractivity contribution < 1.29 is 10.2 Å². The Morgan fingerprint density at radius 2 is 1.35 bits per heavy atom. The molecular weight excluding hydrogens is 216 g/mol. The number of aliphatic hydroxyl groups is 1. The highest BCUT2D eigenvalue weighted by molar-refractivity contribution is 5.50. The van der Waals surface area contributed by atoms with Crippen molar-refractivity contribution >= 4 is 11.4 Å². The number of rotatable bonds is 2. The molecule has 4 heteroatoms. The predicted octanol–water partition coefficient (Wildman–Crippen LogP) is 3.42. The average Bonchev–Trinajstić information content (AvgIpc) is 2.41. The Morgan fingerprint density at radius 1 is 0.765 bits per heavy atom. The second kappa shape index (κ2) is 7.14. The molecular formula is C13H14N2O2. The molecule has 0 aliphatic carbocycles. The summed E-state index contributed by atoms with van der Waals surface area (Å²) in [5.74, 6) is 0.136. The summed E-state index contributed by atoms with van der Waals surface area (Å²) >= 11 is 0. The molecule has 0 radical (unpaired) electrons. The SMILES string of the molecule is CO.Oc1ccccc1N=Nc1ccccc1. The fraction of sp³-hybridized carbons (Fsp3) is 0.0769. The van der Waals surface area contributed by atoms with Gasteiger partial charge in [-0.15, -0.1) is 5.11 Å². The second-order valence-electron chi connectivity index (χ2n) is 3.02. The van der Waals surface area contributed by atoms with Crippen molar-refractivity contribution in [3.05, 3.63) is 54.6 Å². The van der Waals surface area contributed by atoms with Gasteiger partial charge in [-0.2, -0.15) is 5.11 Å². The monoisotopic (exact) mass is 230 g/mol. The van der Waals surface area contributed by atoms with E-state index in [1.54, 1.807) is 24.3 Å². The van der Waals surface area contributed by atoms with Gasteiger partial charge in [0.05, 0.1) is 5.69 Å². The quantitative estimate of drug-likeness (QED) is 0.776. The second-order valence-corrected chi connectivity index (χ2v) is 3.02. The van der Waals surface area contributed by atoms with Crippen LogP contribution in [0.2, 0.25) is 0 Å².